The van der Waals surface area contributed by atoms with Crippen molar-refractivity contribution in [2.75, 3.05) is 6.61 Å². The van der Waals surface area contributed by atoms with Gasteiger partial charge in [-0.15, -0.1) is 0 Å². The molecule has 1 rings (SSSR count). The van der Waals surface area contributed by atoms with E-state index in [4.69, 9.17) is 9.84 Å². The van der Waals surface area contributed by atoms with Crippen LogP contribution in [0, 0.1) is 5.92 Å². The lowest BCUT2D eigenvalue weighted by molar-refractivity contribution is -0.133. The van der Waals surface area contributed by atoms with Gasteiger partial charge in [0.25, 0.3) is 0 Å². The van der Waals surface area contributed by atoms with Crippen molar-refractivity contribution in [1.82, 2.24) is 0 Å². The Labute approximate surface area is 84.8 Å². The molecule has 1 aliphatic rings. The monoisotopic (exact) mass is 198 g/mol. The van der Waals surface area contributed by atoms with Gasteiger partial charge in [-0.05, 0) is 18.8 Å². The van der Waals surface area contributed by atoms with E-state index in [2.05, 4.69) is 13.5 Å². The fourth-order valence-electron chi connectivity index (χ4n) is 1.81. The Bertz CT molecular complexity index is 223. The number of rotatable bonds is 4. The van der Waals surface area contributed by atoms with E-state index in [-0.39, 0.29) is 18.3 Å². The fraction of sp³-hybridized carbons (Fsp3) is 0.727. The number of carbonyl (C=O) groups is 1. The minimum absolute atomic E-state index is 0.142. The molecule has 0 heterocycles. The third kappa shape index (κ3) is 3.50. The van der Waals surface area contributed by atoms with E-state index in [1.54, 1.807) is 0 Å². The van der Waals surface area contributed by atoms with Gasteiger partial charge in [0.05, 0.1) is 18.3 Å². The van der Waals surface area contributed by atoms with Crippen molar-refractivity contribution in [3.8, 4) is 0 Å². The van der Waals surface area contributed by atoms with Gasteiger partial charge in [-0.2, -0.15) is 0 Å². The normalized spacial score (nSPS) is 27.2. The predicted octanol–water partition coefficient (Wildman–Crippen LogP) is 2.22. The molecule has 0 aromatic rings. The van der Waals surface area contributed by atoms with Crippen LogP contribution < -0.4 is 0 Å². The molecule has 1 aliphatic carbocycles. The van der Waals surface area contributed by atoms with Crippen LogP contribution in [0.1, 0.15) is 32.6 Å². The van der Waals surface area contributed by atoms with Gasteiger partial charge >= 0.3 is 5.97 Å². The molecule has 14 heavy (non-hydrogen) atoms. The molecular weight excluding hydrogens is 180 g/mol. The molecule has 1 fully saturated rings. The Morgan fingerprint density at radius 3 is 2.86 bits per heavy atom. The van der Waals surface area contributed by atoms with Crippen molar-refractivity contribution < 1.29 is 14.6 Å². The molecule has 0 bridgehead atoms. The first-order valence-corrected chi connectivity index (χ1v) is 5.12. The van der Waals surface area contributed by atoms with Crippen molar-refractivity contribution in [3.63, 3.8) is 0 Å². The van der Waals surface area contributed by atoms with Crippen molar-refractivity contribution in [2.45, 2.75) is 38.7 Å². The summed E-state index contributed by atoms with van der Waals surface area (Å²) in [6, 6.07) is 0. The van der Waals surface area contributed by atoms with Gasteiger partial charge in [0.2, 0.25) is 0 Å². The first-order chi connectivity index (χ1) is 6.59. The van der Waals surface area contributed by atoms with E-state index >= 15 is 0 Å². The van der Waals surface area contributed by atoms with Gasteiger partial charge in [0, 0.05) is 0 Å². The standard InChI is InChI=1S/C11H18O3/c1-8-4-3-5-10(6-8)14-7-9(2)11(12)13/h8,10H,2-7H2,1H3,(H,12,13). The van der Waals surface area contributed by atoms with Gasteiger partial charge < -0.3 is 9.84 Å². The molecule has 0 saturated heterocycles. The summed E-state index contributed by atoms with van der Waals surface area (Å²) in [6.45, 7) is 5.80. The number of hydrogen-bond donors (Lipinski definition) is 1. The second-order valence-electron chi connectivity index (χ2n) is 4.11. The molecule has 2 atom stereocenters. The Hall–Kier alpha value is -0.830. The highest BCUT2D eigenvalue weighted by molar-refractivity contribution is 5.85. The molecule has 2 unspecified atom stereocenters. The van der Waals surface area contributed by atoms with Crippen LogP contribution in [0.4, 0.5) is 0 Å². The van der Waals surface area contributed by atoms with E-state index in [0.29, 0.717) is 5.92 Å². The van der Waals surface area contributed by atoms with Crippen LogP contribution in [0.3, 0.4) is 0 Å². The zero-order valence-electron chi connectivity index (χ0n) is 8.66. The van der Waals surface area contributed by atoms with Crippen LogP contribution in [-0.4, -0.2) is 23.8 Å². The average Bonchev–Trinajstić information content (AvgIpc) is 2.14. The van der Waals surface area contributed by atoms with Crippen molar-refractivity contribution in [1.29, 1.82) is 0 Å². The highest BCUT2D eigenvalue weighted by atomic mass is 16.5. The molecule has 0 amide bonds. The lowest BCUT2D eigenvalue weighted by Gasteiger charge is -2.26. The first-order valence-electron chi connectivity index (χ1n) is 5.12. The molecular formula is C11H18O3. The van der Waals surface area contributed by atoms with Crippen LogP contribution >= 0.6 is 0 Å². The van der Waals surface area contributed by atoms with E-state index in [0.717, 1.165) is 12.8 Å². The summed E-state index contributed by atoms with van der Waals surface area (Å²) in [5.41, 5.74) is 0.142. The molecule has 3 nitrogen and oxygen atoms in total. The number of carboxylic acids is 1. The first kappa shape index (κ1) is 11.2. The molecule has 1 N–H and O–H groups in total. The van der Waals surface area contributed by atoms with E-state index in [9.17, 15) is 4.79 Å². The third-order valence-electron chi connectivity index (χ3n) is 2.68. The number of aliphatic carboxylic acids is 1. The molecule has 0 spiro atoms. The minimum Gasteiger partial charge on any atom is -0.478 e. The van der Waals surface area contributed by atoms with Gasteiger partial charge in [0.15, 0.2) is 0 Å². The van der Waals surface area contributed by atoms with Crippen LogP contribution in [-0.2, 0) is 9.53 Å². The highest BCUT2D eigenvalue weighted by Gasteiger charge is 2.19. The van der Waals surface area contributed by atoms with E-state index in [1.807, 2.05) is 0 Å². The van der Waals surface area contributed by atoms with Crippen LogP contribution in [0.5, 0.6) is 0 Å². The van der Waals surface area contributed by atoms with Gasteiger partial charge in [0.1, 0.15) is 0 Å². The summed E-state index contributed by atoms with van der Waals surface area (Å²) in [4.78, 5) is 10.5. The summed E-state index contributed by atoms with van der Waals surface area (Å²) >= 11 is 0. The molecule has 0 aromatic heterocycles. The van der Waals surface area contributed by atoms with E-state index in [1.165, 1.54) is 12.8 Å². The topological polar surface area (TPSA) is 46.5 Å². The second kappa shape index (κ2) is 5.15. The SMILES string of the molecule is C=C(COC1CCCC(C)C1)C(=O)O. The minimum atomic E-state index is -0.964. The molecule has 3 heteroatoms. The smallest absolute Gasteiger partial charge is 0.333 e. The summed E-state index contributed by atoms with van der Waals surface area (Å²) in [5.74, 6) is -0.263. The molecule has 0 radical (unpaired) electrons. The summed E-state index contributed by atoms with van der Waals surface area (Å²) in [6.07, 6.45) is 4.78. The number of hydrogen-bond acceptors (Lipinski definition) is 2. The van der Waals surface area contributed by atoms with Crippen LogP contribution in [0.2, 0.25) is 0 Å². The van der Waals surface area contributed by atoms with Gasteiger partial charge in [-0.1, -0.05) is 26.3 Å². The summed E-state index contributed by atoms with van der Waals surface area (Å²) in [5, 5.41) is 8.58. The quantitative estimate of drug-likeness (QED) is 0.704. The number of carboxylic acid groups (broad SMARTS) is 1. The molecule has 80 valence electrons. The predicted molar refractivity (Wildman–Crippen MR) is 54.1 cm³/mol. The maximum Gasteiger partial charge on any atom is 0.333 e. The molecule has 0 aliphatic heterocycles. The van der Waals surface area contributed by atoms with Gasteiger partial charge in [-0.3, -0.25) is 0 Å². The fourth-order valence-corrected chi connectivity index (χ4v) is 1.81. The van der Waals surface area contributed by atoms with Crippen LogP contribution in [0.25, 0.3) is 0 Å². The second-order valence-corrected chi connectivity index (χ2v) is 4.11. The van der Waals surface area contributed by atoms with Crippen molar-refractivity contribution in [2.24, 2.45) is 5.92 Å². The maximum absolute atomic E-state index is 10.5. The lowest BCUT2D eigenvalue weighted by atomic mass is 9.89. The molecule has 1 saturated carbocycles. The Balaban J connectivity index is 2.24. The zero-order chi connectivity index (χ0) is 10.6. The lowest BCUT2D eigenvalue weighted by Crippen LogP contribution is -2.23. The number of ether oxygens (including phenoxy) is 1. The highest BCUT2D eigenvalue weighted by Crippen LogP contribution is 2.25. The maximum atomic E-state index is 10.5. The van der Waals surface area contributed by atoms with Gasteiger partial charge in [-0.25, -0.2) is 4.79 Å². The Morgan fingerprint density at radius 2 is 2.29 bits per heavy atom. The van der Waals surface area contributed by atoms with E-state index < -0.39 is 5.97 Å². The third-order valence-corrected chi connectivity index (χ3v) is 2.68. The van der Waals surface area contributed by atoms with Crippen molar-refractivity contribution >= 4 is 5.97 Å². The summed E-state index contributed by atoms with van der Waals surface area (Å²) < 4.78 is 5.50. The summed E-state index contributed by atoms with van der Waals surface area (Å²) in [7, 11) is 0. The van der Waals surface area contributed by atoms with Crippen LogP contribution in [0.15, 0.2) is 12.2 Å². The average molecular weight is 198 g/mol. The molecule has 0 aromatic carbocycles. The Kier molecular flexibility index (Phi) is 4.14. The Morgan fingerprint density at radius 1 is 1.57 bits per heavy atom. The van der Waals surface area contributed by atoms with Crippen molar-refractivity contribution in [3.05, 3.63) is 12.2 Å². The zero-order valence-corrected chi connectivity index (χ0v) is 8.66. The largest absolute Gasteiger partial charge is 0.478 e.